The predicted molar refractivity (Wildman–Crippen MR) is 67.1 cm³/mol. The zero-order chi connectivity index (χ0) is 11.7. The van der Waals surface area contributed by atoms with Crippen LogP contribution in [0, 0.1) is 5.82 Å². The Morgan fingerprint density at radius 3 is 2.47 bits per heavy atom. The molecule has 0 aliphatic carbocycles. The molecule has 2 aromatic carbocycles. The van der Waals surface area contributed by atoms with Crippen LogP contribution < -0.4 is 0 Å². The molecule has 1 aromatic heterocycles. The molecule has 0 atom stereocenters. The summed E-state index contributed by atoms with van der Waals surface area (Å²) in [7, 11) is 0. The fourth-order valence-electron chi connectivity index (χ4n) is 1.99. The van der Waals surface area contributed by atoms with E-state index in [0.717, 1.165) is 10.8 Å². The Labute approximate surface area is 98.6 Å². The summed E-state index contributed by atoms with van der Waals surface area (Å²) in [5, 5.41) is 2.04. The number of pyridine rings is 1. The van der Waals surface area contributed by atoms with E-state index in [1.54, 1.807) is 18.3 Å². The minimum absolute atomic E-state index is 0.239. The summed E-state index contributed by atoms with van der Waals surface area (Å²) in [6.07, 6.45) is 1.71. The number of nitrogens with zero attached hydrogens (tertiary/aromatic N) is 1. The molecule has 3 rings (SSSR count). The van der Waals surface area contributed by atoms with Gasteiger partial charge < -0.3 is 0 Å². The van der Waals surface area contributed by atoms with Crippen molar-refractivity contribution in [3.63, 3.8) is 0 Å². The minimum Gasteiger partial charge on any atom is -0.255 e. The zero-order valence-electron chi connectivity index (χ0n) is 9.10. The van der Waals surface area contributed by atoms with Gasteiger partial charge >= 0.3 is 0 Å². The third-order valence-electron chi connectivity index (χ3n) is 2.80. The summed E-state index contributed by atoms with van der Waals surface area (Å²) in [4.78, 5) is 4.30. The lowest BCUT2D eigenvalue weighted by Crippen LogP contribution is -1.88. The largest absolute Gasteiger partial charge is 0.255 e. The average Bonchev–Trinajstić information content (AvgIpc) is 2.39. The number of aromatic nitrogens is 1. The van der Waals surface area contributed by atoms with E-state index >= 15 is 0 Å². The van der Waals surface area contributed by atoms with Gasteiger partial charge in [0.05, 0.1) is 5.69 Å². The molecule has 0 N–H and O–H groups in total. The molecule has 0 aliphatic heterocycles. The van der Waals surface area contributed by atoms with E-state index in [9.17, 15) is 4.39 Å². The summed E-state index contributed by atoms with van der Waals surface area (Å²) in [5.74, 6) is -0.239. The number of halogens is 1. The third-order valence-corrected chi connectivity index (χ3v) is 2.80. The number of benzene rings is 2. The van der Waals surface area contributed by atoms with Crippen molar-refractivity contribution >= 4 is 10.8 Å². The van der Waals surface area contributed by atoms with Crippen molar-refractivity contribution in [1.29, 1.82) is 0 Å². The van der Waals surface area contributed by atoms with Gasteiger partial charge in [0.15, 0.2) is 0 Å². The van der Waals surface area contributed by atoms with Gasteiger partial charge in [0.1, 0.15) is 5.82 Å². The van der Waals surface area contributed by atoms with Crippen LogP contribution in [0.15, 0.2) is 60.8 Å². The highest BCUT2D eigenvalue weighted by atomic mass is 19.1. The SMILES string of the molecule is Fc1ccccc1-c1nccc2ccccc12. The van der Waals surface area contributed by atoms with E-state index in [2.05, 4.69) is 4.98 Å². The summed E-state index contributed by atoms with van der Waals surface area (Å²) in [5.41, 5.74) is 1.24. The van der Waals surface area contributed by atoms with Crippen LogP contribution in [0.25, 0.3) is 22.0 Å². The van der Waals surface area contributed by atoms with Gasteiger partial charge in [0.25, 0.3) is 0 Å². The molecule has 3 aromatic rings. The number of fused-ring (bicyclic) bond motifs is 1. The van der Waals surface area contributed by atoms with Gasteiger partial charge in [0, 0.05) is 17.1 Å². The first-order valence-electron chi connectivity index (χ1n) is 5.45. The highest BCUT2D eigenvalue weighted by Crippen LogP contribution is 2.27. The van der Waals surface area contributed by atoms with Gasteiger partial charge in [-0.1, -0.05) is 36.4 Å². The number of rotatable bonds is 1. The van der Waals surface area contributed by atoms with Gasteiger partial charge in [-0.15, -0.1) is 0 Å². The molecule has 0 spiro atoms. The Morgan fingerprint density at radius 2 is 1.59 bits per heavy atom. The third kappa shape index (κ3) is 1.68. The van der Waals surface area contributed by atoms with Crippen LogP contribution >= 0.6 is 0 Å². The van der Waals surface area contributed by atoms with Crippen LogP contribution in [0.2, 0.25) is 0 Å². The van der Waals surface area contributed by atoms with E-state index < -0.39 is 0 Å². The molecule has 0 amide bonds. The quantitative estimate of drug-likeness (QED) is 0.606. The lowest BCUT2D eigenvalue weighted by molar-refractivity contribution is 0.631. The van der Waals surface area contributed by atoms with Crippen molar-refractivity contribution in [2.24, 2.45) is 0 Å². The molecule has 1 nitrogen and oxygen atoms in total. The average molecular weight is 223 g/mol. The molecule has 82 valence electrons. The van der Waals surface area contributed by atoms with Crippen molar-refractivity contribution in [1.82, 2.24) is 4.98 Å². The Bertz CT molecular complexity index is 671. The lowest BCUT2D eigenvalue weighted by Gasteiger charge is -2.06. The molecule has 0 saturated carbocycles. The van der Waals surface area contributed by atoms with Gasteiger partial charge in [-0.25, -0.2) is 4.39 Å². The molecule has 1 heterocycles. The van der Waals surface area contributed by atoms with Crippen LogP contribution in [-0.2, 0) is 0 Å². The summed E-state index contributed by atoms with van der Waals surface area (Å²) in [6.45, 7) is 0. The standard InChI is InChI=1S/C15H10FN/c16-14-8-4-3-7-13(14)15-12-6-2-1-5-11(12)9-10-17-15/h1-10H. The molecule has 0 fully saturated rings. The monoisotopic (exact) mass is 223 g/mol. The molecule has 0 radical (unpaired) electrons. The summed E-state index contributed by atoms with van der Waals surface area (Å²) in [6, 6.07) is 16.5. The maximum Gasteiger partial charge on any atom is 0.132 e. The highest BCUT2D eigenvalue weighted by Gasteiger charge is 2.08. The topological polar surface area (TPSA) is 12.9 Å². The molecular weight excluding hydrogens is 213 g/mol. The van der Waals surface area contributed by atoms with E-state index in [-0.39, 0.29) is 5.82 Å². The van der Waals surface area contributed by atoms with Crippen molar-refractivity contribution < 1.29 is 4.39 Å². The molecule has 17 heavy (non-hydrogen) atoms. The molecule has 0 saturated heterocycles. The second-order valence-corrected chi connectivity index (χ2v) is 3.86. The van der Waals surface area contributed by atoms with Gasteiger partial charge in [-0.05, 0) is 23.6 Å². The van der Waals surface area contributed by atoms with Crippen LogP contribution in [0.5, 0.6) is 0 Å². The molecule has 0 unspecified atom stereocenters. The van der Waals surface area contributed by atoms with Crippen molar-refractivity contribution in [3.8, 4) is 11.3 Å². The normalized spacial score (nSPS) is 10.6. The zero-order valence-corrected chi connectivity index (χ0v) is 9.10. The second-order valence-electron chi connectivity index (χ2n) is 3.86. The number of hydrogen-bond acceptors (Lipinski definition) is 1. The lowest BCUT2D eigenvalue weighted by atomic mass is 10.0. The van der Waals surface area contributed by atoms with E-state index in [1.165, 1.54) is 6.07 Å². The van der Waals surface area contributed by atoms with Gasteiger partial charge in [-0.3, -0.25) is 4.98 Å². The minimum atomic E-state index is -0.239. The number of hydrogen-bond donors (Lipinski definition) is 0. The Balaban J connectivity index is 2.35. The maximum absolute atomic E-state index is 13.8. The fraction of sp³-hybridized carbons (Fsp3) is 0. The molecular formula is C15H10FN. The molecule has 2 heteroatoms. The first kappa shape index (κ1) is 9.97. The highest BCUT2D eigenvalue weighted by molar-refractivity contribution is 5.94. The van der Waals surface area contributed by atoms with E-state index in [0.29, 0.717) is 11.3 Å². The Morgan fingerprint density at radius 1 is 0.824 bits per heavy atom. The van der Waals surface area contributed by atoms with E-state index in [4.69, 9.17) is 0 Å². The van der Waals surface area contributed by atoms with Crippen molar-refractivity contribution in [2.75, 3.05) is 0 Å². The second kappa shape index (κ2) is 3.98. The van der Waals surface area contributed by atoms with Crippen LogP contribution in [0.1, 0.15) is 0 Å². The summed E-state index contributed by atoms with van der Waals surface area (Å²) >= 11 is 0. The maximum atomic E-state index is 13.8. The van der Waals surface area contributed by atoms with Gasteiger partial charge in [-0.2, -0.15) is 0 Å². The Hall–Kier alpha value is -2.22. The Kier molecular flexibility index (Phi) is 2.33. The van der Waals surface area contributed by atoms with Gasteiger partial charge in [0.2, 0.25) is 0 Å². The molecule has 0 bridgehead atoms. The smallest absolute Gasteiger partial charge is 0.132 e. The van der Waals surface area contributed by atoms with Crippen LogP contribution in [-0.4, -0.2) is 4.98 Å². The first-order chi connectivity index (χ1) is 8.36. The first-order valence-corrected chi connectivity index (χ1v) is 5.45. The predicted octanol–water partition coefficient (Wildman–Crippen LogP) is 4.04. The summed E-state index contributed by atoms with van der Waals surface area (Å²) < 4.78 is 13.8. The van der Waals surface area contributed by atoms with Crippen LogP contribution in [0.4, 0.5) is 4.39 Å². The fourth-order valence-corrected chi connectivity index (χ4v) is 1.99. The van der Waals surface area contributed by atoms with Crippen molar-refractivity contribution in [2.45, 2.75) is 0 Å². The van der Waals surface area contributed by atoms with E-state index in [1.807, 2.05) is 36.4 Å². The van der Waals surface area contributed by atoms with Crippen LogP contribution in [0.3, 0.4) is 0 Å². The van der Waals surface area contributed by atoms with Crippen molar-refractivity contribution in [3.05, 3.63) is 66.6 Å². The molecule has 0 aliphatic rings.